The van der Waals surface area contributed by atoms with Gasteiger partial charge in [-0.2, -0.15) is 0 Å². The molecule has 2 N–H and O–H groups in total. The lowest BCUT2D eigenvalue weighted by Gasteiger charge is -1.91. The van der Waals surface area contributed by atoms with E-state index in [1.807, 2.05) is 0 Å². The molecular formula is C2H4ClO3P. The molecule has 0 rings (SSSR count). The highest BCUT2D eigenvalue weighted by atomic mass is 35.5. The molecule has 0 aliphatic heterocycles. The van der Waals surface area contributed by atoms with Crippen LogP contribution < -0.4 is 0 Å². The van der Waals surface area contributed by atoms with E-state index >= 15 is 0 Å². The average molecular weight is 142 g/mol. The van der Waals surface area contributed by atoms with E-state index in [4.69, 9.17) is 21.4 Å². The summed E-state index contributed by atoms with van der Waals surface area (Å²) in [6, 6.07) is 0. The minimum Gasteiger partial charge on any atom is -0.345 e. The fourth-order valence-corrected chi connectivity index (χ4v) is 0.481. The molecule has 0 aliphatic carbocycles. The van der Waals surface area contributed by atoms with Crippen LogP contribution in [0.3, 0.4) is 0 Å². The van der Waals surface area contributed by atoms with E-state index in [1.165, 1.54) is 0 Å². The molecule has 0 amide bonds. The average Bonchev–Trinajstić information content (AvgIpc) is 1.65. The van der Waals surface area contributed by atoms with E-state index in [-0.39, 0.29) is 5.88 Å². The fourth-order valence-electron chi connectivity index (χ4n) is 0.0535. The van der Waals surface area contributed by atoms with Crippen LogP contribution in [-0.2, 0) is 4.79 Å². The Balaban J connectivity index is 3.35. The molecule has 0 atom stereocenters. The molecule has 0 saturated heterocycles. The van der Waals surface area contributed by atoms with Crippen molar-refractivity contribution in [2.75, 3.05) is 5.88 Å². The Bertz CT molecular complexity index is 73.3. The van der Waals surface area contributed by atoms with Gasteiger partial charge in [0.25, 0.3) is 0 Å². The van der Waals surface area contributed by atoms with E-state index in [0.29, 0.717) is 0 Å². The molecule has 0 heterocycles. The second-order valence-electron chi connectivity index (χ2n) is 0.817. The summed E-state index contributed by atoms with van der Waals surface area (Å²) in [5.74, 6) is -0.321. The van der Waals surface area contributed by atoms with Crippen molar-refractivity contribution >= 4 is 25.5 Å². The van der Waals surface area contributed by atoms with Gasteiger partial charge in [-0.05, 0) is 0 Å². The predicted molar refractivity (Wildman–Crippen MR) is 27.1 cm³/mol. The standard InChI is InChI=1S/C2H4ClO3P/c3-1-2(4)7(5)6/h5-6H,1H2. The second kappa shape index (κ2) is 3.33. The first kappa shape index (κ1) is 7.31. The van der Waals surface area contributed by atoms with Gasteiger partial charge in [0.1, 0.15) is 0 Å². The highest BCUT2D eigenvalue weighted by Crippen LogP contribution is 2.23. The molecule has 0 fully saturated rings. The van der Waals surface area contributed by atoms with Crippen molar-refractivity contribution < 1.29 is 14.6 Å². The normalized spacial score (nSPS) is 9.71. The molecular weight excluding hydrogens is 138 g/mol. The molecule has 0 spiro atoms. The zero-order valence-corrected chi connectivity index (χ0v) is 4.99. The van der Waals surface area contributed by atoms with Crippen molar-refractivity contribution in [1.82, 2.24) is 0 Å². The van der Waals surface area contributed by atoms with Gasteiger partial charge in [0.15, 0.2) is 0 Å². The summed E-state index contributed by atoms with van der Waals surface area (Å²) in [4.78, 5) is 25.9. The molecule has 0 aromatic carbocycles. The minimum atomic E-state index is -2.43. The summed E-state index contributed by atoms with van der Waals surface area (Å²) in [6.07, 6.45) is 0. The molecule has 3 nitrogen and oxygen atoms in total. The number of halogens is 1. The third-order valence-electron chi connectivity index (χ3n) is 0.337. The number of rotatable bonds is 2. The number of alkyl halides is 1. The lowest BCUT2D eigenvalue weighted by molar-refractivity contribution is -0.110. The molecule has 0 unspecified atom stereocenters. The second-order valence-corrected chi connectivity index (χ2v) is 2.16. The van der Waals surface area contributed by atoms with E-state index in [0.717, 1.165) is 0 Å². The third kappa shape index (κ3) is 2.94. The van der Waals surface area contributed by atoms with Crippen molar-refractivity contribution in [3.05, 3.63) is 0 Å². The smallest absolute Gasteiger partial charge is 0.239 e. The first-order chi connectivity index (χ1) is 3.18. The van der Waals surface area contributed by atoms with Crippen LogP contribution in [0.25, 0.3) is 0 Å². The number of hydrogen-bond donors (Lipinski definition) is 2. The lowest BCUT2D eigenvalue weighted by atomic mass is 10.9. The maximum atomic E-state index is 9.91. The van der Waals surface area contributed by atoms with E-state index in [1.54, 1.807) is 0 Å². The summed E-state index contributed by atoms with van der Waals surface area (Å²) < 4.78 is 0. The Hall–Kier alpha value is 0.310. The Kier molecular flexibility index (Phi) is 3.48. The fraction of sp³-hybridized carbons (Fsp3) is 0.500. The van der Waals surface area contributed by atoms with Gasteiger partial charge in [-0.15, -0.1) is 11.6 Å². The van der Waals surface area contributed by atoms with Crippen LogP contribution in [0.1, 0.15) is 0 Å². The Morgan fingerprint density at radius 2 is 2.14 bits per heavy atom. The van der Waals surface area contributed by atoms with Crippen molar-refractivity contribution in [2.45, 2.75) is 0 Å². The van der Waals surface area contributed by atoms with Crippen LogP contribution in [0.5, 0.6) is 0 Å². The molecule has 0 aliphatic rings. The molecule has 0 bridgehead atoms. The van der Waals surface area contributed by atoms with Crippen LogP contribution in [0.2, 0.25) is 0 Å². The third-order valence-corrected chi connectivity index (χ3v) is 1.37. The lowest BCUT2D eigenvalue weighted by Crippen LogP contribution is -1.93. The SMILES string of the molecule is O=C(CCl)P(O)O. The van der Waals surface area contributed by atoms with E-state index < -0.39 is 13.9 Å². The van der Waals surface area contributed by atoms with E-state index in [9.17, 15) is 4.79 Å². The maximum Gasteiger partial charge on any atom is 0.239 e. The van der Waals surface area contributed by atoms with Gasteiger partial charge in [-0.3, -0.25) is 4.79 Å². The zero-order chi connectivity index (χ0) is 5.86. The molecule has 42 valence electrons. The predicted octanol–water partition coefficient (Wildman–Crippen LogP) is 0.0483. The Morgan fingerprint density at radius 3 is 2.14 bits per heavy atom. The summed E-state index contributed by atoms with van der Waals surface area (Å²) in [6.45, 7) is 0. The van der Waals surface area contributed by atoms with Gasteiger partial charge < -0.3 is 9.79 Å². The first-order valence-corrected chi connectivity index (χ1v) is 3.23. The monoisotopic (exact) mass is 142 g/mol. The zero-order valence-electron chi connectivity index (χ0n) is 3.33. The van der Waals surface area contributed by atoms with Gasteiger partial charge in [0.05, 0.1) is 5.88 Å². The van der Waals surface area contributed by atoms with Gasteiger partial charge in [-0.25, -0.2) is 0 Å². The molecule has 5 heteroatoms. The van der Waals surface area contributed by atoms with Crippen LogP contribution >= 0.6 is 20.0 Å². The molecule has 0 saturated carbocycles. The quantitative estimate of drug-likeness (QED) is 0.423. The van der Waals surface area contributed by atoms with Crippen molar-refractivity contribution in [1.29, 1.82) is 0 Å². The van der Waals surface area contributed by atoms with Gasteiger partial charge in [0, 0.05) is 0 Å². The largest absolute Gasteiger partial charge is 0.345 e. The number of carbonyl (C=O) groups is 1. The van der Waals surface area contributed by atoms with Crippen LogP contribution in [-0.4, -0.2) is 21.2 Å². The molecule has 7 heavy (non-hydrogen) atoms. The van der Waals surface area contributed by atoms with Crippen LogP contribution in [0.4, 0.5) is 0 Å². The Labute approximate surface area is 46.8 Å². The molecule has 0 aromatic heterocycles. The number of hydrogen-bond acceptors (Lipinski definition) is 3. The van der Waals surface area contributed by atoms with Gasteiger partial charge >= 0.3 is 0 Å². The summed E-state index contributed by atoms with van der Waals surface area (Å²) >= 11 is 4.89. The minimum absolute atomic E-state index is 0.321. The first-order valence-electron chi connectivity index (χ1n) is 1.45. The highest BCUT2D eigenvalue weighted by Gasteiger charge is 2.08. The summed E-state index contributed by atoms with van der Waals surface area (Å²) in [7, 11) is -2.43. The van der Waals surface area contributed by atoms with Crippen LogP contribution in [0, 0.1) is 0 Å². The van der Waals surface area contributed by atoms with Crippen molar-refractivity contribution in [3.8, 4) is 0 Å². The number of carbonyl (C=O) groups excluding carboxylic acids is 1. The molecule has 0 aromatic rings. The maximum absolute atomic E-state index is 9.91. The van der Waals surface area contributed by atoms with Crippen molar-refractivity contribution in [3.63, 3.8) is 0 Å². The molecule has 0 radical (unpaired) electrons. The summed E-state index contributed by atoms with van der Waals surface area (Å²) in [5, 5.41) is 0. The van der Waals surface area contributed by atoms with Gasteiger partial charge in [-0.1, -0.05) is 0 Å². The summed E-state index contributed by atoms with van der Waals surface area (Å²) in [5.41, 5.74) is -0.711. The van der Waals surface area contributed by atoms with Gasteiger partial charge in [0.2, 0.25) is 13.9 Å². The topological polar surface area (TPSA) is 57.5 Å². The van der Waals surface area contributed by atoms with Crippen molar-refractivity contribution in [2.24, 2.45) is 0 Å². The van der Waals surface area contributed by atoms with Crippen LogP contribution in [0.15, 0.2) is 0 Å². The highest BCUT2D eigenvalue weighted by molar-refractivity contribution is 7.64. The Morgan fingerprint density at radius 1 is 1.71 bits per heavy atom. The van der Waals surface area contributed by atoms with E-state index in [2.05, 4.69) is 0 Å².